The van der Waals surface area contributed by atoms with Gasteiger partial charge in [-0.3, -0.25) is 4.79 Å². The Morgan fingerprint density at radius 2 is 2.37 bits per heavy atom. The molecule has 0 aliphatic rings. The van der Waals surface area contributed by atoms with Gasteiger partial charge in [-0.05, 0) is 24.3 Å². The van der Waals surface area contributed by atoms with E-state index in [0.717, 1.165) is 5.69 Å². The van der Waals surface area contributed by atoms with Crippen molar-refractivity contribution in [3.8, 4) is 11.5 Å². The normalized spacial score (nSPS) is 12.5. The first-order chi connectivity index (χ1) is 9.16. The Morgan fingerprint density at radius 1 is 1.53 bits per heavy atom. The van der Waals surface area contributed by atoms with E-state index in [9.17, 15) is 4.79 Å². The van der Waals surface area contributed by atoms with Gasteiger partial charge < -0.3 is 19.8 Å². The summed E-state index contributed by atoms with van der Waals surface area (Å²) >= 11 is 1.57. The monoisotopic (exact) mass is 282 g/mol. The molecule has 0 saturated carbocycles. The molecule has 2 rings (SSSR count). The zero-order valence-corrected chi connectivity index (χ0v) is 10.9. The van der Waals surface area contributed by atoms with Gasteiger partial charge >= 0.3 is 5.97 Å². The van der Waals surface area contributed by atoms with Crippen LogP contribution in [-0.4, -0.2) is 28.0 Å². The van der Waals surface area contributed by atoms with Crippen molar-refractivity contribution in [3.05, 3.63) is 30.2 Å². The largest absolute Gasteiger partial charge is 0.480 e. The molecule has 0 amide bonds. The Bertz CT molecular complexity index is 524. The molecular weight excluding hydrogens is 268 g/mol. The Morgan fingerprint density at radius 3 is 3.05 bits per heavy atom. The van der Waals surface area contributed by atoms with Gasteiger partial charge in [0.05, 0.1) is 12.0 Å². The third-order valence-electron chi connectivity index (χ3n) is 2.46. The average Bonchev–Trinajstić information content (AvgIpc) is 3.04. The van der Waals surface area contributed by atoms with Gasteiger partial charge in [-0.25, -0.2) is 0 Å². The third kappa shape index (κ3) is 3.87. The fourth-order valence-corrected chi connectivity index (χ4v) is 2.34. The first kappa shape index (κ1) is 13.7. The van der Waals surface area contributed by atoms with Crippen molar-refractivity contribution in [1.29, 1.82) is 0 Å². The summed E-state index contributed by atoms with van der Waals surface area (Å²) in [7, 11) is 0. The molecule has 0 aromatic carbocycles. The minimum absolute atomic E-state index is 0.433. The summed E-state index contributed by atoms with van der Waals surface area (Å²) in [5.41, 5.74) is 6.20. The minimum Gasteiger partial charge on any atom is -0.480 e. The number of aromatic nitrogens is 1. The van der Waals surface area contributed by atoms with Crippen LogP contribution in [-0.2, 0) is 10.5 Å². The van der Waals surface area contributed by atoms with Crippen molar-refractivity contribution in [2.24, 2.45) is 5.73 Å². The van der Waals surface area contributed by atoms with E-state index in [1.807, 2.05) is 6.07 Å². The predicted molar refractivity (Wildman–Crippen MR) is 70.6 cm³/mol. The van der Waals surface area contributed by atoms with E-state index < -0.39 is 12.0 Å². The van der Waals surface area contributed by atoms with Gasteiger partial charge in [0.1, 0.15) is 6.04 Å². The summed E-state index contributed by atoms with van der Waals surface area (Å²) in [5, 5.41) is 12.6. The molecule has 0 aliphatic heterocycles. The van der Waals surface area contributed by atoms with E-state index in [1.165, 1.54) is 0 Å². The zero-order chi connectivity index (χ0) is 13.7. The summed E-state index contributed by atoms with van der Waals surface area (Å²) < 4.78 is 10.3. The number of carbonyl (C=O) groups is 1. The van der Waals surface area contributed by atoms with Crippen molar-refractivity contribution in [3.63, 3.8) is 0 Å². The molecule has 0 radical (unpaired) electrons. The molecule has 2 aromatic rings. The lowest BCUT2D eigenvalue weighted by molar-refractivity contribution is -0.138. The van der Waals surface area contributed by atoms with E-state index in [-0.39, 0.29) is 0 Å². The Labute approximate surface area is 113 Å². The summed E-state index contributed by atoms with van der Waals surface area (Å²) in [6.07, 6.45) is 2.00. The molecule has 0 saturated heterocycles. The van der Waals surface area contributed by atoms with Crippen molar-refractivity contribution < 1.29 is 18.8 Å². The summed E-state index contributed by atoms with van der Waals surface area (Å²) in [6, 6.07) is 4.58. The molecule has 3 N–H and O–H groups in total. The van der Waals surface area contributed by atoms with Crippen LogP contribution in [0.1, 0.15) is 12.1 Å². The molecule has 1 atom stereocenters. The molecule has 2 heterocycles. The van der Waals surface area contributed by atoms with Gasteiger partial charge in [0, 0.05) is 11.8 Å². The standard InChI is InChI=1S/C12H14N2O4S/c13-9(12(15)16)3-5-19-7-8-6-11(18-14-8)10-2-1-4-17-10/h1-2,4,6,9H,3,5,7,13H2,(H,15,16). The topological polar surface area (TPSA) is 102 Å². The van der Waals surface area contributed by atoms with Crippen LogP contribution in [0.4, 0.5) is 0 Å². The van der Waals surface area contributed by atoms with E-state index in [1.54, 1.807) is 30.2 Å². The fourth-order valence-electron chi connectivity index (χ4n) is 1.43. The van der Waals surface area contributed by atoms with Crippen LogP contribution in [0, 0.1) is 0 Å². The molecule has 1 unspecified atom stereocenters. The number of aliphatic carboxylic acids is 1. The minimum atomic E-state index is -0.970. The van der Waals surface area contributed by atoms with Crippen LogP contribution in [0.3, 0.4) is 0 Å². The summed E-state index contributed by atoms with van der Waals surface area (Å²) in [4.78, 5) is 10.5. The number of hydrogen-bond acceptors (Lipinski definition) is 6. The van der Waals surface area contributed by atoms with E-state index in [2.05, 4.69) is 5.16 Å². The van der Waals surface area contributed by atoms with Crippen LogP contribution < -0.4 is 5.73 Å². The highest BCUT2D eigenvalue weighted by atomic mass is 32.2. The summed E-state index contributed by atoms with van der Waals surface area (Å²) in [6.45, 7) is 0. The van der Waals surface area contributed by atoms with Crippen LogP contribution in [0.2, 0.25) is 0 Å². The number of nitrogens with two attached hydrogens (primary N) is 1. The van der Waals surface area contributed by atoms with Crippen molar-refractivity contribution in [2.75, 3.05) is 5.75 Å². The van der Waals surface area contributed by atoms with Gasteiger partial charge in [0.25, 0.3) is 0 Å². The molecule has 19 heavy (non-hydrogen) atoms. The van der Waals surface area contributed by atoms with Crippen LogP contribution >= 0.6 is 11.8 Å². The SMILES string of the molecule is NC(CCSCc1cc(-c2ccco2)on1)C(=O)O. The Balaban J connectivity index is 1.77. The quantitative estimate of drug-likeness (QED) is 0.748. The lowest BCUT2D eigenvalue weighted by Gasteiger charge is -2.04. The number of hydrogen-bond donors (Lipinski definition) is 2. The van der Waals surface area contributed by atoms with Gasteiger partial charge in [0.15, 0.2) is 5.76 Å². The second-order valence-corrected chi connectivity index (χ2v) is 5.05. The van der Waals surface area contributed by atoms with Crippen molar-refractivity contribution in [2.45, 2.75) is 18.2 Å². The molecule has 102 valence electrons. The number of furan rings is 1. The predicted octanol–water partition coefficient (Wildman–Crippen LogP) is 1.97. The van der Waals surface area contributed by atoms with Crippen LogP contribution in [0.25, 0.3) is 11.5 Å². The zero-order valence-electron chi connectivity index (χ0n) is 10.1. The highest BCUT2D eigenvalue weighted by Crippen LogP contribution is 2.22. The van der Waals surface area contributed by atoms with E-state index in [4.69, 9.17) is 19.8 Å². The second-order valence-electron chi connectivity index (χ2n) is 3.95. The molecule has 0 bridgehead atoms. The molecule has 0 spiro atoms. The average molecular weight is 282 g/mol. The van der Waals surface area contributed by atoms with E-state index >= 15 is 0 Å². The summed E-state index contributed by atoms with van der Waals surface area (Å²) in [5.74, 6) is 1.56. The molecule has 6 nitrogen and oxygen atoms in total. The number of carboxylic acid groups (broad SMARTS) is 1. The van der Waals surface area contributed by atoms with Gasteiger partial charge in [-0.15, -0.1) is 0 Å². The smallest absolute Gasteiger partial charge is 0.320 e. The fraction of sp³-hybridized carbons (Fsp3) is 0.333. The van der Waals surface area contributed by atoms with Crippen molar-refractivity contribution in [1.82, 2.24) is 5.16 Å². The first-order valence-corrected chi connectivity index (χ1v) is 6.88. The maximum absolute atomic E-state index is 10.5. The molecular formula is C12H14N2O4S. The molecule has 7 heteroatoms. The lowest BCUT2D eigenvalue weighted by Crippen LogP contribution is -2.30. The second kappa shape index (κ2) is 6.44. The first-order valence-electron chi connectivity index (χ1n) is 5.72. The molecule has 0 aliphatic carbocycles. The maximum Gasteiger partial charge on any atom is 0.320 e. The van der Waals surface area contributed by atoms with Crippen LogP contribution in [0.15, 0.2) is 33.4 Å². The highest BCUT2D eigenvalue weighted by molar-refractivity contribution is 7.98. The maximum atomic E-state index is 10.5. The number of thioether (sulfide) groups is 1. The van der Waals surface area contributed by atoms with Gasteiger partial charge in [0.2, 0.25) is 5.76 Å². The van der Waals surface area contributed by atoms with E-state index in [0.29, 0.717) is 29.4 Å². The molecule has 2 aromatic heterocycles. The number of nitrogens with zero attached hydrogens (tertiary/aromatic N) is 1. The van der Waals surface area contributed by atoms with Gasteiger partial charge in [-0.2, -0.15) is 11.8 Å². The Kier molecular flexibility index (Phi) is 4.64. The third-order valence-corrected chi connectivity index (χ3v) is 3.49. The Hall–Kier alpha value is -1.73. The van der Waals surface area contributed by atoms with Crippen LogP contribution in [0.5, 0.6) is 0 Å². The van der Waals surface area contributed by atoms with Gasteiger partial charge in [-0.1, -0.05) is 5.16 Å². The van der Waals surface area contributed by atoms with Crippen molar-refractivity contribution >= 4 is 17.7 Å². The number of carboxylic acids is 1. The number of rotatable bonds is 7. The highest BCUT2D eigenvalue weighted by Gasteiger charge is 2.12. The lowest BCUT2D eigenvalue weighted by atomic mass is 10.2. The molecule has 0 fully saturated rings.